The summed E-state index contributed by atoms with van der Waals surface area (Å²) in [5.74, 6) is 1.38. The topological polar surface area (TPSA) is 98.2 Å². The SMILES string of the molecule is O=C(CSc1n[nH]c(=O)n1CCc1ccccc1)NCC1COc2ccccc2O1. The highest BCUT2D eigenvalue weighted by molar-refractivity contribution is 7.99. The van der Waals surface area contributed by atoms with Gasteiger partial charge in [0.1, 0.15) is 12.7 Å². The van der Waals surface area contributed by atoms with Crippen LogP contribution in [0, 0.1) is 0 Å². The molecule has 0 fully saturated rings. The number of carbonyl (C=O) groups excluding carboxylic acids is 1. The van der Waals surface area contributed by atoms with Crippen molar-refractivity contribution >= 4 is 17.7 Å². The lowest BCUT2D eigenvalue weighted by Gasteiger charge is -2.26. The molecule has 0 spiro atoms. The van der Waals surface area contributed by atoms with E-state index >= 15 is 0 Å². The lowest BCUT2D eigenvalue weighted by atomic mass is 10.1. The van der Waals surface area contributed by atoms with Gasteiger partial charge in [-0.3, -0.25) is 9.36 Å². The summed E-state index contributed by atoms with van der Waals surface area (Å²) in [5, 5.41) is 9.84. The molecule has 0 aliphatic carbocycles. The third-order valence-corrected chi connectivity index (χ3v) is 5.59. The summed E-state index contributed by atoms with van der Waals surface area (Å²) in [6.45, 7) is 1.22. The van der Waals surface area contributed by atoms with Crippen LogP contribution in [0.2, 0.25) is 0 Å². The van der Waals surface area contributed by atoms with E-state index in [2.05, 4.69) is 15.5 Å². The second kappa shape index (κ2) is 9.53. The van der Waals surface area contributed by atoms with E-state index in [9.17, 15) is 9.59 Å². The first-order valence-corrected chi connectivity index (χ1v) is 10.6. The number of ether oxygens (including phenoxy) is 2. The number of aromatic nitrogens is 3. The second-order valence-corrected chi connectivity index (χ2v) is 7.73. The first-order valence-electron chi connectivity index (χ1n) is 9.66. The minimum Gasteiger partial charge on any atom is -0.486 e. The Balaban J connectivity index is 1.25. The molecule has 8 nitrogen and oxygen atoms in total. The van der Waals surface area contributed by atoms with Crippen molar-refractivity contribution in [1.82, 2.24) is 20.1 Å². The van der Waals surface area contributed by atoms with Gasteiger partial charge in [-0.05, 0) is 24.1 Å². The van der Waals surface area contributed by atoms with Crippen LogP contribution >= 0.6 is 11.8 Å². The maximum atomic E-state index is 12.2. The summed E-state index contributed by atoms with van der Waals surface area (Å²) in [5.41, 5.74) is 0.857. The van der Waals surface area contributed by atoms with Gasteiger partial charge in [-0.15, -0.1) is 5.10 Å². The fourth-order valence-corrected chi connectivity index (χ4v) is 3.87. The predicted octanol–water partition coefficient (Wildman–Crippen LogP) is 1.86. The average molecular weight is 426 g/mol. The summed E-state index contributed by atoms with van der Waals surface area (Å²) >= 11 is 1.22. The third-order valence-electron chi connectivity index (χ3n) is 4.62. The fraction of sp³-hybridized carbons (Fsp3) is 0.286. The number of hydrogen-bond donors (Lipinski definition) is 2. The quantitative estimate of drug-likeness (QED) is 0.534. The summed E-state index contributed by atoms with van der Waals surface area (Å²) < 4.78 is 13.0. The number of hydrogen-bond acceptors (Lipinski definition) is 6. The molecular weight excluding hydrogens is 404 g/mol. The van der Waals surface area contributed by atoms with E-state index in [1.807, 2.05) is 54.6 Å². The Kier molecular flexibility index (Phi) is 6.38. The number of fused-ring (bicyclic) bond motifs is 1. The van der Waals surface area contributed by atoms with Gasteiger partial charge in [0.2, 0.25) is 5.91 Å². The molecule has 0 saturated carbocycles. The van der Waals surface area contributed by atoms with Gasteiger partial charge in [0.15, 0.2) is 16.7 Å². The number of thioether (sulfide) groups is 1. The molecule has 2 aromatic carbocycles. The summed E-state index contributed by atoms with van der Waals surface area (Å²) in [6.07, 6.45) is 0.462. The number of para-hydroxylation sites is 2. The molecule has 2 heterocycles. The monoisotopic (exact) mass is 426 g/mol. The zero-order valence-electron chi connectivity index (χ0n) is 16.2. The van der Waals surface area contributed by atoms with Crippen LogP contribution < -0.4 is 20.5 Å². The van der Waals surface area contributed by atoms with Gasteiger partial charge >= 0.3 is 5.69 Å². The summed E-state index contributed by atoms with van der Waals surface area (Å²) in [4.78, 5) is 24.3. The molecule has 0 saturated heterocycles. The number of benzene rings is 2. The number of H-pyrrole nitrogens is 1. The van der Waals surface area contributed by atoms with Crippen molar-refractivity contribution < 1.29 is 14.3 Å². The standard InChI is InChI=1S/C21H22N4O4S/c26-19(22-12-16-13-28-17-8-4-5-9-18(17)29-16)14-30-21-24-23-20(27)25(21)11-10-15-6-2-1-3-7-15/h1-9,16H,10-14H2,(H,22,26)(H,23,27). The van der Waals surface area contributed by atoms with E-state index in [1.165, 1.54) is 11.8 Å². The van der Waals surface area contributed by atoms with Crippen LogP contribution in [0.1, 0.15) is 5.56 Å². The van der Waals surface area contributed by atoms with Gasteiger partial charge in [0.05, 0.1) is 12.3 Å². The third kappa shape index (κ3) is 5.04. The van der Waals surface area contributed by atoms with Crippen LogP contribution in [0.4, 0.5) is 0 Å². The first-order chi connectivity index (χ1) is 14.7. The average Bonchev–Trinajstić information content (AvgIpc) is 3.14. The minimum absolute atomic E-state index is 0.153. The molecule has 30 heavy (non-hydrogen) atoms. The molecule has 0 bridgehead atoms. The first kappa shape index (κ1) is 20.1. The number of aromatic amines is 1. The number of rotatable bonds is 8. The molecule has 1 aliphatic rings. The van der Waals surface area contributed by atoms with E-state index in [-0.39, 0.29) is 23.5 Å². The Morgan fingerprint density at radius 2 is 1.93 bits per heavy atom. The molecule has 156 valence electrons. The molecule has 1 aromatic heterocycles. The van der Waals surface area contributed by atoms with Crippen molar-refractivity contribution in [3.63, 3.8) is 0 Å². The zero-order valence-corrected chi connectivity index (χ0v) is 17.1. The van der Waals surface area contributed by atoms with E-state index in [1.54, 1.807) is 4.57 Å². The highest BCUT2D eigenvalue weighted by Crippen LogP contribution is 2.30. The molecule has 1 aliphatic heterocycles. The molecule has 1 atom stereocenters. The number of nitrogens with one attached hydrogen (secondary N) is 2. The molecule has 4 rings (SSSR count). The van der Waals surface area contributed by atoms with Crippen LogP contribution in [0.3, 0.4) is 0 Å². The highest BCUT2D eigenvalue weighted by atomic mass is 32.2. The lowest BCUT2D eigenvalue weighted by Crippen LogP contribution is -2.41. The predicted molar refractivity (Wildman–Crippen MR) is 113 cm³/mol. The van der Waals surface area contributed by atoms with Gasteiger partial charge in [-0.25, -0.2) is 9.89 Å². The van der Waals surface area contributed by atoms with Crippen LogP contribution in [-0.2, 0) is 17.8 Å². The van der Waals surface area contributed by atoms with Crippen LogP contribution in [0.25, 0.3) is 0 Å². The van der Waals surface area contributed by atoms with Crippen molar-refractivity contribution in [2.75, 3.05) is 18.9 Å². The van der Waals surface area contributed by atoms with E-state index in [0.29, 0.717) is 42.8 Å². The Morgan fingerprint density at radius 1 is 1.17 bits per heavy atom. The number of aryl methyl sites for hydroxylation is 1. The van der Waals surface area contributed by atoms with Crippen molar-refractivity contribution in [2.45, 2.75) is 24.2 Å². The number of carbonyl (C=O) groups is 1. The van der Waals surface area contributed by atoms with Crippen molar-refractivity contribution in [3.05, 3.63) is 70.6 Å². The van der Waals surface area contributed by atoms with Crippen LogP contribution in [0.15, 0.2) is 64.5 Å². The molecule has 9 heteroatoms. The van der Waals surface area contributed by atoms with Crippen LogP contribution in [0.5, 0.6) is 11.5 Å². The van der Waals surface area contributed by atoms with E-state index < -0.39 is 0 Å². The Hall–Kier alpha value is -3.20. The van der Waals surface area contributed by atoms with Gasteiger partial charge in [-0.2, -0.15) is 0 Å². The van der Waals surface area contributed by atoms with Gasteiger partial charge < -0.3 is 14.8 Å². The van der Waals surface area contributed by atoms with Gasteiger partial charge in [0.25, 0.3) is 0 Å². The van der Waals surface area contributed by atoms with E-state index in [4.69, 9.17) is 9.47 Å². The molecule has 2 N–H and O–H groups in total. The Labute approximate surface area is 177 Å². The maximum absolute atomic E-state index is 12.2. The zero-order chi connectivity index (χ0) is 20.8. The van der Waals surface area contributed by atoms with Crippen LogP contribution in [-0.4, -0.2) is 45.7 Å². The van der Waals surface area contributed by atoms with Crippen molar-refractivity contribution in [2.24, 2.45) is 0 Å². The summed E-state index contributed by atoms with van der Waals surface area (Å²) in [6, 6.07) is 17.4. The molecular formula is C21H22N4O4S. The molecule has 1 unspecified atom stereocenters. The fourth-order valence-electron chi connectivity index (χ4n) is 3.07. The molecule has 1 amide bonds. The van der Waals surface area contributed by atoms with Gasteiger partial charge in [-0.1, -0.05) is 54.2 Å². The maximum Gasteiger partial charge on any atom is 0.343 e. The van der Waals surface area contributed by atoms with Gasteiger partial charge in [0, 0.05) is 6.54 Å². The second-order valence-electron chi connectivity index (χ2n) is 6.79. The number of amides is 1. The Morgan fingerprint density at radius 3 is 2.77 bits per heavy atom. The van der Waals surface area contributed by atoms with Crippen molar-refractivity contribution in [1.29, 1.82) is 0 Å². The smallest absolute Gasteiger partial charge is 0.343 e. The Bertz CT molecular complexity index is 1050. The van der Waals surface area contributed by atoms with Crippen molar-refractivity contribution in [3.8, 4) is 11.5 Å². The van der Waals surface area contributed by atoms with E-state index in [0.717, 1.165) is 5.56 Å². The normalized spacial score (nSPS) is 15.0. The lowest BCUT2D eigenvalue weighted by molar-refractivity contribution is -0.119. The summed E-state index contributed by atoms with van der Waals surface area (Å²) in [7, 11) is 0. The molecule has 3 aromatic rings. The largest absolute Gasteiger partial charge is 0.486 e. The minimum atomic E-state index is -0.278. The highest BCUT2D eigenvalue weighted by Gasteiger charge is 2.21. The number of nitrogens with zero attached hydrogens (tertiary/aromatic N) is 2. The molecule has 0 radical (unpaired) electrons.